The van der Waals surface area contributed by atoms with E-state index in [9.17, 15) is 19.7 Å². The number of aryl methyl sites for hydroxylation is 2. The summed E-state index contributed by atoms with van der Waals surface area (Å²) in [5.74, 6) is -0.188. The van der Waals surface area contributed by atoms with Gasteiger partial charge in [-0.2, -0.15) is 0 Å². The molecule has 0 aliphatic carbocycles. The molecule has 146 valence electrons. The zero-order valence-corrected chi connectivity index (χ0v) is 16.0. The van der Waals surface area contributed by atoms with Crippen molar-refractivity contribution in [1.82, 2.24) is 0 Å². The molecule has 0 radical (unpaired) electrons. The van der Waals surface area contributed by atoms with E-state index in [2.05, 4.69) is 12.2 Å². The zero-order valence-electron chi connectivity index (χ0n) is 16.0. The van der Waals surface area contributed by atoms with Gasteiger partial charge < -0.3 is 10.2 Å². The minimum Gasteiger partial charge on any atom is -0.322 e. The fourth-order valence-electron chi connectivity index (χ4n) is 3.40. The molecule has 2 aromatic carbocycles. The van der Waals surface area contributed by atoms with Gasteiger partial charge in [-0.3, -0.25) is 19.7 Å². The number of anilines is 2. The highest BCUT2D eigenvalue weighted by Crippen LogP contribution is 2.31. The Morgan fingerprint density at radius 1 is 1.21 bits per heavy atom. The van der Waals surface area contributed by atoms with Gasteiger partial charge in [-0.25, -0.2) is 0 Å². The first kappa shape index (κ1) is 19.5. The minimum absolute atomic E-state index is 0.0119. The molecule has 2 amide bonds. The number of nitrogens with zero attached hydrogens (tertiary/aromatic N) is 2. The Labute approximate surface area is 163 Å². The molecule has 28 heavy (non-hydrogen) atoms. The predicted molar refractivity (Wildman–Crippen MR) is 108 cm³/mol. The van der Waals surface area contributed by atoms with Crippen LogP contribution in [0.5, 0.6) is 0 Å². The summed E-state index contributed by atoms with van der Waals surface area (Å²) >= 11 is 0. The second-order valence-corrected chi connectivity index (χ2v) is 6.95. The fourth-order valence-corrected chi connectivity index (χ4v) is 3.40. The van der Waals surface area contributed by atoms with Crippen LogP contribution in [0.1, 0.15) is 47.7 Å². The Kier molecular flexibility index (Phi) is 5.73. The molecule has 0 fully saturated rings. The Morgan fingerprint density at radius 3 is 2.68 bits per heavy atom. The van der Waals surface area contributed by atoms with Crippen molar-refractivity contribution in [2.45, 2.75) is 39.5 Å². The topological polar surface area (TPSA) is 92.6 Å². The van der Waals surface area contributed by atoms with Gasteiger partial charge in [-0.1, -0.05) is 13.3 Å². The van der Waals surface area contributed by atoms with Crippen LogP contribution in [0.2, 0.25) is 0 Å². The van der Waals surface area contributed by atoms with Crippen LogP contribution in [-0.4, -0.2) is 23.3 Å². The first-order valence-corrected chi connectivity index (χ1v) is 9.40. The number of hydrogen-bond donors (Lipinski definition) is 1. The van der Waals surface area contributed by atoms with Crippen molar-refractivity contribution in [2.75, 3.05) is 16.8 Å². The average molecular weight is 381 g/mol. The molecule has 0 unspecified atom stereocenters. The SMILES string of the molecule is CCCCN1C(=O)CCc2cc(NC(=O)c3ccc([N+](=O)[O-])c(C)c3)ccc21. The molecule has 3 rings (SSSR count). The average Bonchev–Trinajstić information content (AvgIpc) is 2.67. The van der Waals surface area contributed by atoms with Gasteiger partial charge in [-0.15, -0.1) is 0 Å². The summed E-state index contributed by atoms with van der Waals surface area (Å²) < 4.78 is 0. The zero-order chi connectivity index (χ0) is 20.3. The normalized spacial score (nSPS) is 13.2. The quantitative estimate of drug-likeness (QED) is 0.598. The van der Waals surface area contributed by atoms with E-state index in [0.717, 1.165) is 24.1 Å². The van der Waals surface area contributed by atoms with Crippen molar-refractivity contribution in [3.8, 4) is 0 Å². The molecule has 7 nitrogen and oxygen atoms in total. The number of nitro groups is 1. The molecule has 7 heteroatoms. The van der Waals surface area contributed by atoms with Crippen LogP contribution in [0.15, 0.2) is 36.4 Å². The lowest BCUT2D eigenvalue weighted by atomic mass is 10.00. The van der Waals surface area contributed by atoms with Crippen LogP contribution in [0.25, 0.3) is 0 Å². The molecule has 0 bridgehead atoms. The van der Waals surface area contributed by atoms with Crippen LogP contribution in [-0.2, 0) is 11.2 Å². The van der Waals surface area contributed by atoms with Crippen molar-refractivity contribution in [2.24, 2.45) is 0 Å². The molecule has 0 spiro atoms. The van der Waals surface area contributed by atoms with Crippen molar-refractivity contribution in [3.05, 3.63) is 63.2 Å². The third-order valence-corrected chi connectivity index (χ3v) is 4.93. The summed E-state index contributed by atoms with van der Waals surface area (Å²) in [6, 6.07) is 9.86. The Balaban J connectivity index is 1.78. The highest BCUT2D eigenvalue weighted by atomic mass is 16.6. The molecule has 0 saturated heterocycles. The second-order valence-electron chi connectivity index (χ2n) is 6.95. The molecule has 1 aliphatic rings. The van der Waals surface area contributed by atoms with E-state index in [-0.39, 0.29) is 17.5 Å². The van der Waals surface area contributed by atoms with Crippen LogP contribution >= 0.6 is 0 Å². The maximum Gasteiger partial charge on any atom is 0.272 e. The molecular weight excluding hydrogens is 358 g/mol. The van der Waals surface area contributed by atoms with Gasteiger partial charge in [0.1, 0.15) is 0 Å². The van der Waals surface area contributed by atoms with E-state index in [0.29, 0.717) is 36.2 Å². The smallest absolute Gasteiger partial charge is 0.272 e. The first-order valence-electron chi connectivity index (χ1n) is 9.40. The van der Waals surface area contributed by atoms with Crippen molar-refractivity contribution >= 4 is 28.9 Å². The fraction of sp³-hybridized carbons (Fsp3) is 0.333. The first-order chi connectivity index (χ1) is 13.4. The van der Waals surface area contributed by atoms with Crippen LogP contribution in [0, 0.1) is 17.0 Å². The van der Waals surface area contributed by atoms with Crippen molar-refractivity contribution in [1.29, 1.82) is 0 Å². The molecule has 1 aliphatic heterocycles. The molecule has 1 N–H and O–H groups in total. The number of unbranched alkanes of at least 4 members (excludes halogenated alkanes) is 1. The van der Waals surface area contributed by atoms with Crippen LogP contribution < -0.4 is 10.2 Å². The molecule has 2 aromatic rings. The van der Waals surface area contributed by atoms with Crippen molar-refractivity contribution in [3.63, 3.8) is 0 Å². The monoisotopic (exact) mass is 381 g/mol. The van der Waals surface area contributed by atoms with Gasteiger partial charge in [0.15, 0.2) is 0 Å². The van der Waals surface area contributed by atoms with Gasteiger partial charge in [0.25, 0.3) is 11.6 Å². The highest BCUT2D eigenvalue weighted by molar-refractivity contribution is 6.05. The molecule has 0 saturated carbocycles. The van der Waals surface area contributed by atoms with E-state index in [1.54, 1.807) is 13.0 Å². The second kappa shape index (κ2) is 8.21. The number of rotatable bonds is 6. The lowest BCUT2D eigenvalue weighted by Crippen LogP contribution is -2.35. The largest absolute Gasteiger partial charge is 0.322 e. The van der Waals surface area contributed by atoms with E-state index in [1.807, 2.05) is 17.0 Å². The standard InChI is InChI=1S/C21H23N3O4/c1-3-4-11-23-19-9-7-17(13-15(19)6-10-20(23)25)22-21(26)16-5-8-18(24(27)28)14(2)12-16/h5,7-9,12-13H,3-4,6,10-11H2,1-2H3,(H,22,26). The van der Waals surface area contributed by atoms with E-state index < -0.39 is 4.92 Å². The van der Waals surface area contributed by atoms with Gasteiger partial charge in [0.05, 0.1) is 4.92 Å². The number of fused-ring (bicyclic) bond motifs is 1. The Bertz CT molecular complexity index is 939. The number of carbonyl (C=O) groups excluding carboxylic acids is 2. The van der Waals surface area contributed by atoms with E-state index in [4.69, 9.17) is 0 Å². The van der Waals surface area contributed by atoms with Crippen LogP contribution in [0.3, 0.4) is 0 Å². The maximum absolute atomic E-state index is 12.5. The maximum atomic E-state index is 12.5. The Hall–Kier alpha value is -3.22. The summed E-state index contributed by atoms with van der Waals surface area (Å²) in [5, 5.41) is 13.8. The summed E-state index contributed by atoms with van der Waals surface area (Å²) in [7, 11) is 0. The molecular formula is C21H23N3O4. The third-order valence-electron chi connectivity index (χ3n) is 4.93. The minimum atomic E-state index is -0.466. The molecule has 1 heterocycles. The van der Waals surface area contributed by atoms with Crippen LogP contribution in [0.4, 0.5) is 17.1 Å². The van der Waals surface area contributed by atoms with E-state index in [1.165, 1.54) is 18.2 Å². The van der Waals surface area contributed by atoms with Gasteiger partial charge in [0, 0.05) is 41.5 Å². The number of benzene rings is 2. The van der Waals surface area contributed by atoms with Gasteiger partial charge >= 0.3 is 0 Å². The summed E-state index contributed by atoms with van der Waals surface area (Å²) in [6.45, 7) is 4.40. The lowest BCUT2D eigenvalue weighted by Gasteiger charge is -2.29. The number of nitrogens with one attached hydrogen (secondary N) is 1. The number of hydrogen-bond acceptors (Lipinski definition) is 4. The van der Waals surface area contributed by atoms with Gasteiger partial charge in [0.2, 0.25) is 5.91 Å². The third kappa shape index (κ3) is 4.03. The highest BCUT2D eigenvalue weighted by Gasteiger charge is 2.24. The van der Waals surface area contributed by atoms with E-state index >= 15 is 0 Å². The summed E-state index contributed by atoms with van der Waals surface area (Å²) in [6.07, 6.45) is 3.08. The summed E-state index contributed by atoms with van der Waals surface area (Å²) in [5.41, 5.74) is 3.38. The summed E-state index contributed by atoms with van der Waals surface area (Å²) in [4.78, 5) is 37.0. The molecule has 0 atom stereocenters. The predicted octanol–water partition coefficient (Wildman–Crippen LogP) is 4.23. The lowest BCUT2D eigenvalue weighted by molar-refractivity contribution is -0.385. The number of carbonyl (C=O) groups is 2. The van der Waals surface area contributed by atoms with Gasteiger partial charge in [-0.05, 0) is 55.7 Å². The number of amides is 2. The molecule has 0 aromatic heterocycles. The van der Waals surface area contributed by atoms with Crippen molar-refractivity contribution < 1.29 is 14.5 Å². The number of nitro benzene ring substituents is 1. The Morgan fingerprint density at radius 2 is 2.00 bits per heavy atom.